The van der Waals surface area contributed by atoms with Crippen molar-refractivity contribution in [1.82, 2.24) is 0 Å². The average molecular weight is 423 g/mol. The van der Waals surface area contributed by atoms with Gasteiger partial charge in [0.05, 0.1) is 23.5 Å². The van der Waals surface area contributed by atoms with E-state index in [0.717, 1.165) is 14.6 Å². The maximum atomic E-state index is 12.1. The number of anilines is 2. The lowest BCUT2D eigenvalue weighted by Gasteiger charge is -2.20. The number of benzene rings is 2. The van der Waals surface area contributed by atoms with Gasteiger partial charge in [0.15, 0.2) is 0 Å². The molecule has 0 heterocycles. The molecule has 0 spiro atoms. The van der Waals surface area contributed by atoms with Gasteiger partial charge in [-0.15, -0.1) is 0 Å². The van der Waals surface area contributed by atoms with Crippen LogP contribution >= 0.6 is 31.9 Å². The predicted octanol–water partition coefficient (Wildman–Crippen LogP) is 4.16. The number of likely N-dealkylation sites (N-methyl/N-ethyl adjacent to an activating group) is 1. The number of halogens is 2. The first-order valence-corrected chi connectivity index (χ1v) is 8.05. The van der Waals surface area contributed by atoms with Crippen molar-refractivity contribution in [3.8, 4) is 6.07 Å². The van der Waals surface area contributed by atoms with Crippen molar-refractivity contribution >= 4 is 49.1 Å². The molecule has 0 saturated carbocycles. The molecule has 22 heavy (non-hydrogen) atoms. The first kappa shape index (κ1) is 16.5. The molecule has 0 atom stereocenters. The van der Waals surface area contributed by atoms with Gasteiger partial charge in [-0.05, 0) is 46.3 Å². The van der Waals surface area contributed by atoms with E-state index >= 15 is 0 Å². The highest BCUT2D eigenvalue weighted by Crippen LogP contribution is 2.24. The van der Waals surface area contributed by atoms with Crippen LogP contribution in [-0.4, -0.2) is 19.5 Å². The van der Waals surface area contributed by atoms with Crippen molar-refractivity contribution in [1.29, 1.82) is 5.26 Å². The highest BCUT2D eigenvalue weighted by molar-refractivity contribution is 9.10. The lowest BCUT2D eigenvalue weighted by Crippen LogP contribution is -2.30. The fourth-order valence-electron chi connectivity index (χ4n) is 1.98. The molecule has 2 aromatic carbocycles. The first-order valence-electron chi connectivity index (χ1n) is 6.46. The van der Waals surface area contributed by atoms with Crippen molar-refractivity contribution in [2.75, 3.05) is 23.8 Å². The molecule has 0 unspecified atom stereocenters. The largest absolute Gasteiger partial charge is 0.364 e. The minimum absolute atomic E-state index is 0.150. The van der Waals surface area contributed by atoms with Gasteiger partial charge in [-0.25, -0.2) is 0 Å². The second-order valence-electron chi connectivity index (χ2n) is 4.66. The molecular weight excluding hydrogens is 410 g/mol. The summed E-state index contributed by atoms with van der Waals surface area (Å²) in [5, 5.41) is 12.0. The number of nitrogens with zero attached hydrogens (tertiary/aromatic N) is 2. The maximum Gasteiger partial charge on any atom is 0.243 e. The summed E-state index contributed by atoms with van der Waals surface area (Å²) in [6, 6.07) is 15.0. The predicted molar refractivity (Wildman–Crippen MR) is 94.9 cm³/mol. The van der Waals surface area contributed by atoms with Crippen molar-refractivity contribution < 1.29 is 4.79 Å². The third kappa shape index (κ3) is 4.09. The molecule has 0 aliphatic rings. The summed E-state index contributed by atoms with van der Waals surface area (Å²) < 4.78 is 1.66. The van der Waals surface area contributed by atoms with Crippen molar-refractivity contribution in [3.05, 3.63) is 57.0 Å². The quantitative estimate of drug-likeness (QED) is 0.804. The monoisotopic (exact) mass is 421 g/mol. The Kier molecular flexibility index (Phi) is 5.58. The lowest BCUT2D eigenvalue weighted by molar-refractivity contribution is -0.114. The Hall–Kier alpha value is -1.84. The normalized spacial score (nSPS) is 9.91. The summed E-state index contributed by atoms with van der Waals surface area (Å²) in [7, 11) is 1.78. The Morgan fingerprint density at radius 3 is 2.68 bits per heavy atom. The van der Waals surface area contributed by atoms with Crippen LogP contribution in [0.1, 0.15) is 5.56 Å². The van der Waals surface area contributed by atoms with Crippen LogP contribution in [0.3, 0.4) is 0 Å². The number of hydrogen-bond donors (Lipinski definition) is 1. The molecule has 4 nitrogen and oxygen atoms in total. The molecule has 0 radical (unpaired) electrons. The van der Waals surface area contributed by atoms with Gasteiger partial charge in [0, 0.05) is 16.0 Å². The van der Waals surface area contributed by atoms with Crippen LogP contribution in [-0.2, 0) is 4.79 Å². The van der Waals surface area contributed by atoms with Gasteiger partial charge in [-0.3, -0.25) is 4.79 Å². The van der Waals surface area contributed by atoms with Gasteiger partial charge in [0.2, 0.25) is 5.91 Å². The molecule has 1 N–H and O–H groups in total. The number of nitrogens with one attached hydrogen (secondary N) is 1. The van der Waals surface area contributed by atoms with E-state index in [-0.39, 0.29) is 12.5 Å². The molecular formula is C16H13Br2N3O. The van der Waals surface area contributed by atoms with Crippen LogP contribution in [0.15, 0.2) is 51.4 Å². The summed E-state index contributed by atoms with van der Waals surface area (Å²) in [6.45, 7) is 0.150. The number of nitriles is 1. The van der Waals surface area contributed by atoms with Crippen LogP contribution in [0.2, 0.25) is 0 Å². The molecule has 0 aromatic heterocycles. The summed E-state index contributed by atoms with van der Waals surface area (Å²) >= 11 is 6.73. The molecule has 0 saturated heterocycles. The van der Waals surface area contributed by atoms with Crippen LogP contribution < -0.4 is 10.2 Å². The van der Waals surface area contributed by atoms with E-state index in [1.54, 1.807) is 18.0 Å². The Morgan fingerprint density at radius 1 is 1.27 bits per heavy atom. The van der Waals surface area contributed by atoms with E-state index in [4.69, 9.17) is 0 Å². The van der Waals surface area contributed by atoms with E-state index in [9.17, 15) is 10.1 Å². The number of amides is 1. The first-order chi connectivity index (χ1) is 10.5. The number of carbonyl (C=O) groups is 1. The van der Waals surface area contributed by atoms with E-state index in [1.807, 2.05) is 36.4 Å². The van der Waals surface area contributed by atoms with Crippen LogP contribution in [0, 0.1) is 11.3 Å². The maximum absolute atomic E-state index is 12.1. The van der Waals surface area contributed by atoms with Crippen molar-refractivity contribution in [3.63, 3.8) is 0 Å². The zero-order valence-electron chi connectivity index (χ0n) is 11.8. The minimum Gasteiger partial charge on any atom is -0.364 e. The minimum atomic E-state index is -0.152. The summed E-state index contributed by atoms with van der Waals surface area (Å²) in [5.41, 5.74) is 1.95. The lowest BCUT2D eigenvalue weighted by atomic mass is 10.2. The molecule has 0 aliphatic heterocycles. The molecule has 0 aliphatic carbocycles. The van der Waals surface area contributed by atoms with E-state index in [1.165, 1.54) is 0 Å². The number of rotatable bonds is 4. The highest BCUT2D eigenvalue weighted by atomic mass is 79.9. The second-order valence-corrected chi connectivity index (χ2v) is 6.43. The average Bonchev–Trinajstić information content (AvgIpc) is 2.49. The Morgan fingerprint density at radius 2 is 2.00 bits per heavy atom. The summed E-state index contributed by atoms with van der Waals surface area (Å²) in [5.74, 6) is -0.152. The fraction of sp³-hybridized carbons (Fsp3) is 0.125. The van der Waals surface area contributed by atoms with Crippen LogP contribution in [0.4, 0.5) is 11.4 Å². The Balaban J connectivity index is 2.09. The molecule has 112 valence electrons. The standard InChI is InChI=1S/C16H13Br2N3O/c1-21(15-7-6-12(17)8-11(15)9-19)10-16(22)20-14-5-3-2-4-13(14)18/h2-8H,10H2,1H3,(H,20,22). The molecule has 2 aromatic rings. The molecule has 0 fully saturated rings. The third-order valence-electron chi connectivity index (χ3n) is 3.02. The zero-order chi connectivity index (χ0) is 16.1. The van der Waals surface area contributed by atoms with Crippen molar-refractivity contribution in [2.24, 2.45) is 0 Å². The summed E-state index contributed by atoms with van der Waals surface area (Å²) in [6.07, 6.45) is 0. The van der Waals surface area contributed by atoms with Gasteiger partial charge >= 0.3 is 0 Å². The molecule has 2 rings (SSSR count). The van der Waals surface area contributed by atoms with E-state index in [0.29, 0.717) is 11.3 Å². The fourth-order valence-corrected chi connectivity index (χ4v) is 2.73. The van der Waals surface area contributed by atoms with Gasteiger partial charge in [0.1, 0.15) is 6.07 Å². The SMILES string of the molecule is CN(CC(=O)Nc1ccccc1Br)c1ccc(Br)cc1C#N. The Labute approximate surface area is 146 Å². The van der Waals surface area contributed by atoms with E-state index < -0.39 is 0 Å². The van der Waals surface area contributed by atoms with Crippen LogP contribution in [0.5, 0.6) is 0 Å². The third-order valence-corrected chi connectivity index (χ3v) is 4.20. The van der Waals surface area contributed by atoms with Crippen molar-refractivity contribution in [2.45, 2.75) is 0 Å². The molecule has 6 heteroatoms. The topological polar surface area (TPSA) is 56.1 Å². The van der Waals surface area contributed by atoms with Gasteiger partial charge in [-0.1, -0.05) is 28.1 Å². The number of hydrogen-bond acceptors (Lipinski definition) is 3. The zero-order valence-corrected chi connectivity index (χ0v) is 15.0. The van der Waals surface area contributed by atoms with Gasteiger partial charge in [-0.2, -0.15) is 5.26 Å². The number of para-hydroxylation sites is 1. The summed E-state index contributed by atoms with van der Waals surface area (Å²) in [4.78, 5) is 13.9. The van der Waals surface area contributed by atoms with Gasteiger partial charge < -0.3 is 10.2 Å². The Bertz CT molecular complexity index is 740. The van der Waals surface area contributed by atoms with Gasteiger partial charge in [0.25, 0.3) is 0 Å². The smallest absolute Gasteiger partial charge is 0.243 e. The molecule has 0 bridgehead atoms. The number of carbonyl (C=O) groups excluding carboxylic acids is 1. The van der Waals surface area contributed by atoms with E-state index in [2.05, 4.69) is 43.2 Å². The molecule has 1 amide bonds. The highest BCUT2D eigenvalue weighted by Gasteiger charge is 2.12. The second kappa shape index (κ2) is 7.43. The van der Waals surface area contributed by atoms with Crippen LogP contribution in [0.25, 0.3) is 0 Å².